The SMILES string of the molecule is COCCCCOC(=O)c1ccc(F)c(NC(C)=O)c1. The van der Waals surface area contributed by atoms with Gasteiger partial charge in [-0.25, -0.2) is 9.18 Å². The van der Waals surface area contributed by atoms with Crippen molar-refractivity contribution in [2.45, 2.75) is 19.8 Å². The van der Waals surface area contributed by atoms with Crippen molar-refractivity contribution in [3.8, 4) is 0 Å². The average Bonchev–Trinajstić information content (AvgIpc) is 2.40. The van der Waals surface area contributed by atoms with Gasteiger partial charge in [0, 0.05) is 20.6 Å². The van der Waals surface area contributed by atoms with Crippen LogP contribution in [-0.4, -0.2) is 32.2 Å². The third-order valence-electron chi connectivity index (χ3n) is 2.49. The Balaban J connectivity index is 2.57. The molecule has 1 amide bonds. The Labute approximate surface area is 117 Å². The summed E-state index contributed by atoms with van der Waals surface area (Å²) in [5.41, 5.74) is 0.160. The molecule has 1 aromatic carbocycles. The first-order valence-corrected chi connectivity index (χ1v) is 6.27. The summed E-state index contributed by atoms with van der Waals surface area (Å²) in [5, 5.41) is 2.31. The van der Waals surface area contributed by atoms with E-state index in [0.717, 1.165) is 12.5 Å². The number of ether oxygens (including phenoxy) is 2. The number of unbranched alkanes of at least 4 members (excludes halogenated alkanes) is 1. The highest BCUT2D eigenvalue weighted by Crippen LogP contribution is 2.17. The third-order valence-corrected chi connectivity index (χ3v) is 2.49. The number of esters is 1. The van der Waals surface area contributed by atoms with Crippen molar-refractivity contribution in [1.29, 1.82) is 0 Å². The lowest BCUT2D eigenvalue weighted by Gasteiger charge is -2.08. The van der Waals surface area contributed by atoms with Gasteiger partial charge in [0.1, 0.15) is 5.82 Å². The van der Waals surface area contributed by atoms with Gasteiger partial charge in [0.05, 0.1) is 17.9 Å². The largest absolute Gasteiger partial charge is 0.462 e. The second-order valence-electron chi connectivity index (χ2n) is 4.21. The number of methoxy groups -OCH3 is 1. The van der Waals surface area contributed by atoms with Gasteiger partial charge in [0.25, 0.3) is 0 Å². The number of amides is 1. The molecular weight excluding hydrogens is 265 g/mol. The van der Waals surface area contributed by atoms with Crippen LogP contribution in [0.5, 0.6) is 0 Å². The number of carbonyl (C=O) groups excluding carboxylic acids is 2. The van der Waals surface area contributed by atoms with Gasteiger partial charge in [-0.3, -0.25) is 4.79 Å². The lowest BCUT2D eigenvalue weighted by Crippen LogP contribution is -2.11. The maximum Gasteiger partial charge on any atom is 0.338 e. The number of benzene rings is 1. The van der Waals surface area contributed by atoms with Crippen LogP contribution in [0.25, 0.3) is 0 Å². The molecule has 20 heavy (non-hydrogen) atoms. The van der Waals surface area contributed by atoms with Crippen LogP contribution in [0, 0.1) is 5.82 Å². The zero-order chi connectivity index (χ0) is 15.0. The van der Waals surface area contributed by atoms with E-state index in [0.29, 0.717) is 13.0 Å². The number of hydrogen-bond donors (Lipinski definition) is 1. The summed E-state index contributed by atoms with van der Waals surface area (Å²) in [5.74, 6) is -1.56. The van der Waals surface area contributed by atoms with E-state index in [4.69, 9.17) is 9.47 Å². The van der Waals surface area contributed by atoms with E-state index in [1.165, 1.54) is 19.1 Å². The van der Waals surface area contributed by atoms with Crippen LogP contribution < -0.4 is 5.32 Å². The molecule has 0 fully saturated rings. The van der Waals surface area contributed by atoms with E-state index < -0.39 is 17.7 Å². The predicted molar refractivity (Wildman–Crippen MR) is 72.1 cm³/mol. The van der Waals surface area contributed by atoms with E-state index in [1.54, 1.807) is 7.11 Å². The van der Waals surface area contributed by atoms with Crippen molar-refractivity contribution in [2.24, 2.45) is 0 Å². The van der Waals surface area contributed by atoms with E-state index in [9.17, 15) is 14.0 Å². The van der Waals surface area contributed by atoms with Crippen molar-refractivity contribution in [1.82, 2.24) is 0 Å². The molecule has 0 bridgehead atoms. The molecule has 0 aliphatic carbocycles. The first-order valence-electron chi connectivity index (χ1n) is 6.27. The summed E-state index contributed by atoms with van der Waals surface area (Å²) in [6.45, 7) is 2.15. The minimum Gasteiger partial charge on any atom is -0.462 e. The molecule has 0 aliphatic heterocycles. The summed E-state index contributed by atoms with van der Waals surface area (Å²) >= 11 is 0. The molecule has 1 rings (SSSR count). The summed E-state index contributed by atoms with van der Waals surface area (Å²) in [7, 11) is 1.61. The van der Waals surface area contributed by atoms with Crippen LogP contribution in [0.1, 0.15) is 30.1 Å². The molecule has 5 nitrogen and oxygen atoms in total. The van der Waals surface area contributed by atoms with Crippen LogP contribution in [0.4, 0.5) is 10.1 Å². The number of rotatable bonds is 7. The first-order chi connectivity index (χ1) is 9.54. The number of anilines is 1. The minimum absolute atomic E-state index is 0.0358. The molecule has 0 radical (unpaired) electrons. The van der Waals surface area contributed by atoms with E-state index in [1.807, 2.05) is 0 Å². The normalized spacial score (nSPS) is 10.2. The lowest BCUT2D eigenvalue weighted by atomic mass is 10.2. The number of halogens is 1. The monoisotopic (exact) mass is 283 g/mol. The summed E-state index contributed by atoms with van der Waals surface area (Å²) < 4.78 is 23.3. The van der Waals surface area contributed by atoms with Gasteiger partial charge >= 0.3 is 5.97 Å². The zero-order valence-corrected chi connectivity index (χ0v) is 11.6. The molecule has 1 N–H and O–H groups in total. The van der Waals surface area contributed by atoms with Crippen LogP contribution >= 0.6 is 0 Å². The maximum absolute atomic E-state index is 13.4. The summed E-state index contributed by atoms with van der Waals surface area (Å²) in [6.07, 6.45) is 1.49. The Morgan fingerprint density at radius 1 is 1.25 bits per heavy atom. The fourth-order valence-electron chi connectivity index (χ4n) is 1.53. The van der Waals surface area contributed by atoms with E-state index >= 15 is 0 Å². The number of hydrogen-bond acceptors (Lipinski definition) is 4. The van der Waals surface area contributed by atoms with Crippen molar-refractivity contribution in [3.63, 3.8) is 0 Å². The van der Waals surface area contributed by atoms with Gasteiger partial charge in [-0.15, -0.1) is 0 Å². The van der Waals surface area contributed by atoms with Gasteiger partial charge in [-0.1, -0.05) is 0 Å². The Morgan fingerprint density at radius 2 is 1.95 bits per heavy atom. The molecule has 0 saturated carbocycles. The molecule has 110 valence electrons. The van der Waals surface area contributed by atoms with Crippen molar-refractivity contribution >= 4 is 17.6 Å². The predicted octanol–water partition coefficient (Wildman–Crippen LogP) is 2.37. The van der Waals surface area contributed by atoms with Gasteiger partial charge in [-0.2, -0.15) is 0 Å². The lowest BCUT2D eigenvalue weighted by molar-refractivity contribution is -0.114. The Kier molecular flexibility index (Phi) is 6.66. The highest BCUT2D eigenvalue weighted by Gasteiger charge is 2.11. The molecule has 1 aromatic rings. The minimum atomic E-state index is -0.600. The molecule has 0 atom stereocenters. The quantitative estimate of drug-likeness (QED) is 0.616. The molecule has 6 heteroatoms. The van der Waals surface area contributed by atoms with Crippen LogP contribution in [0.15, 0.2) is 18.2 Å². The fourth-order valence-corrected chi connectivity index (χ4v) is 1.53. The maximum atomic E-state index is 13.4. The average molecular weight is 283 g/mol. The molecule has 0 aliphatic rings. The zero-order valence-electron chi connectivity index (χ0n) is 11.6. The molecular formula is C14H18FNO4. The van der Waals surface area contributed by atoms with Crippen LogP contribution in [-0.2, 0) is 14.3 Å². The molecule has 0 aromatic heterocycles. The van der Waals surface area contributed by atoms with Crippen molar-refractivity contribution < 1.29 is 23.5 Å². The van der Waals surface area contributed by atoms with Gasteiger partial charge in [0.15, 0.2) is 0 Å². The molecule has 0 spiro atoms. The number of carbonyl (C=O) groups is 2. The van der Waals surface area contributed by atoms with E-state index in [2.05, 4.69) is 5.32 Å². The van der Waals surface area contributed by atoms with Gasteiger partial charge < -0.3 is 14.8 Å². The first kappa shape index (κ1) is 16.1. The van der Waals surface area contributed by atoms with Crippen LogP contribution in [0.3, 0.4) is 0 Å². The fraction of sp³-hybridized carbons (Fsp3) is 0.429. The number of nitrogens with one attached hydrogen (secondary N) is 1. The second kappa shape index (κ2) is 8.27. The highest BCUT2D eigenvalue weighted by atomic mass is 19.1. The standard InChI is InChI=1S/C14H18FNO4/c1-10(17)16-13-9-11(5-6-12(13)15)14(18)20-8-4-3-7-19-2/h5-6,9H,3-4,7-8H2,1-2H3,(H,16,17). The highest BCUT2D eigenvalue weighted by molar-refractivity contribution is 5.93. The topological polar surface area (TPSA) is 64.6 Å². The molecule has 0 heterocycles. The Morgan fingerprint density at radius 3 is 2.60 bits per heavy atom. The summed E-state index contributed by atoms with van der Waals surface area (Å²) in [4.78, 5) is 22.7. The third kappa shape index (κ3) is 5.36. The van der Waals surface area contributed by atoms with Gasteiger partial charge in [0.2, 0.25) is 5.91 Å². The second-order valence-corrected chi connectivity index (χ2v) is 4.21. The van der Waals surface area contributed by atoms with Crippen LogP contribution in [0.2, 0.25) is 0 Å². The molecule has 0 saturated heterocycles. The smallest absolute Gasteiger partial charge is 0.338 e. The Hall–Kier alpha value is -1.95. The van der Waals surface area contributed by atoms with Gasteiger partial charge in [-0.05, 0) is 31.0 Å². The Bertz CT molecular complexity index is 476. The van der Waals surface area contributed by atoms with Crippen molar-refractivity contribution in [2.75, 3.05) is 25.6 Å². The summed E-state index contributed by atoms with van der Waals surface area (Å²) in [6, 6.07) is 3.69. The molecule has 0 unspecified atom stereocenters. The van der Waals surface area contributed by atoms with E-state index in [-0.39, 0.29) is 17.9 Å². The van der Waals surface area contributed by atoms with Crippen molar-refractivity contribution in [3.05, 3.63) is 29.6 Å².